The lowest BCUT2D eigenvalue weighted by atomic mass is 9.97. The van der Waals surface area contributed by atoms with Gasteiger partial charge < -0.3 is 5.32 Å². The van der Waals surface area contributed by atoms with Gasteiger partial charge in [-0.25, -0.2) is 9.97 Å². The summed E-state index contributed by atoms with van der Waals surface area (Å²) in [6, 6.07) is 13.5. The number of hydrogen-bond acceptors (Lipinski definition) is 4. The lowest BCUT2D eigenvalue weighted by Crippen LogP contribution is -2.24. The van der Waals surface area contributed by atoms with E-state index in [-0.39, 0.29) is 5.91 Å². The molecular weight excluding hydrogens is 348 g/mol. The summed E-state index contributed by atoms with van der Waals surface area (Å²) in [6.45, 7) is 6.74. The number of nitrogens with one attached hydrogen (secondary N) is 1. The van der Waals surface area contributed by atoms with Crippen LogP contribution in [0.3, 0.4) is 0 Å². The van der Waals surface area contributed by atoms with Gasteiger partial charge in [0.05, 0.1) is 5.69 Å². The van der Waals surface area contributed by atoms with Crippen molar-refractivity contribution in [2.24, 2.45) is 0 Å². The molecule has 0 bridgehead atoms. The Morgan fingerprint density at radius 1 is 1.11 bits per heavy atom. The smallest absolute Gasteiger partial charge is 0.251 e. The van der Waals surface area contributed by atoms with Crippen LogP contribution in [0.1, 0.15) is 53.6 Å². The van der Waals surface area contributed by atoms with Crippen molar-refractivity contribution in [3.05, 3.63) is 77.5 Å². The van der Waals surface area contributed by atoms with Gasteiger partial charge in [0.1, 0.15) is 5.82 Å². The fraction of sp³-hybridized carbons (Fsp3) is 0.304. The number of rotatable bonds is 7. The predicted molar refractivity (Wildman–Crippen MR) is 111 cm³/mol. The highest BCUT2D eigenvalue weighted by Crippen LogP contribution is 2.27. The number of nitrogens with zero attached hydrogens (tertiary/aromatic N) is 3. The molecule has 2 aromatic heterocycles. The zero-order valence-corrected chi connectivity index (χ0v) is 16.6. The summed E-state index contributed by atoms with van der Waals surface area (Å²) in [4.78, 5) is 25.8. The maximum Gasteiger partial charge on any atom is 0.251 e. The Labute approximate surface area is 166 Å². The molecule has 1 amide bonds. The topological polar surface area (TPSA) is 67.8 Å². The van der Waals surface area contributed by atoms with E-state index in [1.165, 1.54) is 0 Å². The summed E-state index contributed by atoms with van der Waals surface area (Å²) in [5, 5.41) is 3.00. The van der Waals surface area contributed by atoms with Crippen molar-refractivity contribution in [3.8, 4) is 11.3 Å². The summed E-state index contributed by atoms with van der Waals surface area (Å²) in [5.41, 5.74) is 4.60. The zero-order chi connectivity index (χ0) is 19.9. The molecule has 2 heterocycles. The van der Waals surface area contributed by atoms with E-state index in [9.17, 15) is 4.79 Å². The van der Waals surface area contributed by atoms with Crippen molar-refractivity contribution in [3.63, 3.8) is 0 Å². The van der Waals surface area contributed by atoms with Crippen molar-refractivity contribution in [1.29, 1.82) is 0 Å². The molecule has 0 unspecified atom stereocenters. The number of carbonyl (C=O) groups is 1. The third kappa shape index (κ3) is 5.00. The van der Waals surface area contributed by atoms with E-state index in [4.69, 9.17) is 0 Å². The molecule has 0 atom stereocenters. The van der Waals surface area contributed by atoms with Crippen molar-refractivity contribution in [1.82, 2.24) is 20.3 Å². The molecule has 0 spiro atoms. The van der Waals surface area contributed by atoms with Gasteiger partial charge in [-0.05, 0) is 55.5 Å². The summed E-state index contributed by atoms with van der Waals surface area (Å²) < 4.78 is 0. The first-order chi connectivity index (χ1) is 13.5. The highest BCUT2D eigenvalue weighted by atomic mass is 16.1. The Balaban J connectivity index is 1.68. The van der Waals surface area contributed by atoms with Crippen LogP contribution >= 0.6 is 0 Å². The van der Waals surface area contributed by atoms with Gasteiger partial charge in [-0.2, -0.15) is 0 Å². The van der Waals surface area contributed by atoms with Gasteiger partial charge in [-0.3, -0.25) is 9.78 Å². The van der Waals surface area contributed by atoms with Crippen LogP contribution in [-0.2, 0) is 6.42 Å². The van der Waals surface area contributed by atoms with E-state index < -0.39 is 0 Å². The summed E-state index contributed by atoms with van der Waals surface area (Å²) in [7, 11) is 0. The van der Waals surface area contributed by atoms with Crippen LogP contribution in [0.15, 0.2) is 54.9 Å². The van der Waals surface area contributed by atoms with Gasteiger partial charge in [0.15, 0.2) is 0 Å². The number of benzene rings is 1. The van der Waals surface area contributed by atoms with Crippen LogP contribution in [0.2, 0.25) is 0 Å². The van der Waals surface area contributed by atoms with Crippen LogP contribution in [0, 0.1) is 6.92 Å². The fourth-order valence-corrected chi connectivity index (χ4v) is 3.06. The Morgan fingerprint density at radius 2 is 1.96 bits per heavy atom. The van der Waals surface area contributed by atoms with Crippen LogP contribution < -0.4 is 5.32 Å². The lowest BCUT2D eigenvalue weighted by Gasteiger charge is -2.13. The zero-order valence-electron chi connectivity index (χ0n) is 16.6. The molecule has 0 fully saturated rings. The van der Waals surface area contributed by atoms with Crippen molar-refractivity contribution in [2.45, 2.75) is 39.5 Å². The van der Waals surface area contributed by atoms with Gasteiger partial charge in [-0.1, -0.05) is 32.0 Å². The minimum Gasteiger partial charge on any atom is -0.352 e. The van der Waals surface area contributed by atoms with Crippen molar-refractivity contribution >= 4 is 5.91 Å². The molecule has 0 aliphatic rings. The number of pyridine rings is 1. The molecule has 0 saturated heterocycles. The molecule has 3 aromatic rings. The highest BCUT2D eigenvalue weighted by Gasteiger charge is 2.13. The monoisotopic (exact) mass is 374 g/mol. The summed E-state index contributed by atoms with van der Waals surface area (Å²) >= 11 is 0. The van der Waals surface area contributed by atoms with Gasteiger partial charge >= 0.3 is 0 Å². The Morgan fingerprint density at radius 3 is 2.71 bits per heavy atom. The molecule has 3 rings (SSSR count). The molecule has 0 radical (unpaired) electrons. The summed E-state index contributed by atoms with van der Waals surface area (Å²) in [5.74, 6) is 0.961. The van der Waals surface area contributed by atoms with Gasteiger partial charge in [0.25, 0.3) is 5.91 Å². The number of amides is 1. The Bertz CT molecular complexity index is 938. The standard InChI is InChI=1S/C23H26N4O/c1-16(2)21-15-26-17(3)27-22(21)18-8-6-9-19(14-18)23(28)25-13-7-11-20-10-4-5-12-24-20/h4-6,8-10,12,14-16H,7,11,13H2,1-3H3,(H,25,28). The SMILES string of the molecule is Cc1ncc(C(C)C)c(-c2cccc(C(=O)NCCCc3ccccn3)c2)n1. The van der Waals surface area contributed by atoms with Gasteiger partial charge in [-0.15, -0.1) is 0 Å². The van der Waals surface area contributed by atoms with E-state index in [0.29, 0.717) is 18.0 Å². The molecule has 28 heavy (non-hydrogen) atoms. The number of aryl methyl sites for hydroxylation is 2. The summed E-state index contributed by atoms with van der Waals surface area (Å²) in [6.07, 6.45) is 5.37. The minimum atomic E-state index is -0.0697. The van der Waals surface area contributed by atoms with E-state index in [0.717, 1.165) is 41.2 Å². The third-order valence-corrected chi connectivity index (χ3v) is 4.58. The first-order valence-corrected chi connectivity index (χ1v) is 9.66. The van der Waals surface area contributed by atoms with E-state index in [1.807, 2.05) is 55.6 Å². The molecule has 0 aliphatic carbocycles. The lowest BCUT2D eigenvalue weighted by molar-refractivity contribution is 0.0953. The Hall–Kier alpha value is -3.08. The first-order valence-electron chi connectivity index (χ1n) is 9.66. The Kier molecular flexibility index (Phi) is 6.48. The van der Waals surface area contributed by atoms with E-state index in [1.54, 1.807) is 6.20 Å². The molecule has 0 aliphatic heterocycles. The average Bonchev–Trinajstić information content (AvgIpc) is 2.71. The second-order valence-corrected chi connectivity index (χ2v) is 7.14. The number of aromatic nitrogens is 3. The van der Waals surface area contributed by atoms with Crippen LogP contribution in [0.4, 0.5) is 0 Å². The van der Waals surface area contributed by atoms with Gasteiger partial charge in [0.2, 0.25) is 0 Å². The quantitative estimate of drug-likeness (QED) is 0.625. The second-order valence-electron chi connectivity index (χ2n) is 7.14. The van der Waals surface area contributed by atoms with E-state index >= 15 is 0 Å². The molecule has 5 nitrogen and oxygen atoms in total. The molecular formula is C23H26N4O. The molecule has 1 aromatic carbocycles. The normalized spacial score (nSPS) is 10.9. The predicted octanol–water partition coefficient (Wildman–Crippen LogP) is 4.33. The molecule has 5 heteroatoms. The largest absolute Gasteiger partial charge is 0.352 e. The second kappa shape index (κ2) is 9.22. The van der Waals surface area contributed by atoms with E-state index in [2.05, 4.69) is 34.1 Å². The highest BCUT2D eigenvalue weighted by molar-refractivity contribution is 5.95. The maximum absolute atomic E-state index is 12.6. The third-order valence-electron chi connectivity index (χ3n) is 4.58. The minimum absolute atomic E-state index is 0.0697. The van der Waals surface area contributed by atoms with Crippen LogP contribution in [0.25, 0.3) is 11.3 Å². The molecule has 144 valence electrons. The number of carbonyl (C=O) groups excluding carboxylic acids is 1. The van der Waals surface area contributed by atoms with Gasteiger partial charge in [0, 0.05) is 35.8 Å². The van der Waals surface area contributed by atoms with Crippen LogP contribution in [-0.4, -0.2) is 27.4 Å². The number of hydrogen-bond donors (Lipinski definition) is 1. The first kappa shape index (κ1) is 19.7. The van der Waals surface area contributed by atoms with Crippen molar-refractivity contribution in [2.75, 3.05) is 6.54 Å². The fourth-order valence-electron chi connectivity index (χ4n) is 3.06. The van der Waals surface area contributed by atoms with Crippen LogP contribution in [0.5, 0.6) is 0 Å². The molecule has 0 saturated carbocycles. The average molecular weight is 374 g/mol. The van der Waals surface area contributed by atoms with Crippen molar-refractivity contribution < 1.29 is 4.79 Å². The molecule has 1 N–H and O–H groups in total. The maximum atomic E-state index is 12.6.